The molecule has 0 aliphatic heterocycles. The molecule has 0 radical (unpaired) electrons. The maximum absolute atomic E-state index is 12.4. The summed E-state index contributed by atoms with van der Waals surface area (Å²) in [5.74, 6) is 1.42. The molecule has 0 saturated carbocycles. The highest BCUT2D eigenvalue weighted by molar-refractivity contribution is 7.89. The molecule has 32 heavy (non-hydrogen) atoms. The summed E-state index contributed by atoms with van der Waals surface area (Å²) in [5, 5.41) is 10.6. The molecule has 0 fully saturated rings. The van der Waals surface area contributed by atoms with Gasteiger partial charge < -0.3 is 9.47 Å². The highest BCUT2D eigenvalue weighted by Gasteiger charge is 2.19. The largest absolute Gasteiger partial charge is 0.497 e. The van der Waals surface area contributed by atoms with Gasteiger partial charge >= 0.3 is 0 Å². The van der Waals surface area contributed by atoms with Crippen LogP contribution in [0, 0.1) is 10.1 Å². The van der Waals surface area contributed by atoms with Gasteiger partial charge in [-0.25, -0.2) is 13.4 Å². The molecule has 0 unspecified atom stereocenters. The van der Waals surface area contributed by atoms with Crippen molar-refractivity contribution < 1.29 is 22.8 Å². The van der Waals surface area contributed by atoms with E-state index in [4.69, 9.17) is 9.47 Å². The van der Waals surface area contributed by atoms with E-state index in [0.717, 1.165) is 28.5 Å². The molecule has 0 heterocycles. The second-order valence-corrected chi connectivity index (χ2v) is 8.20. The number of hydrogen-bond donors (Lipinski definition) is 0. The number of ether oxygens (including phenoxy) is 2. The molecule has 0 aromatic heterocycles. The monoisotopic (exact) mass is 457 g/mol. The molecule has 0 atom stereocenters. The number of nitro benzene ring substituents is 1. The van der Waals surface area contributed by atoms with Gasteiger partial charge in [-0.3, -0.25) is 14.4 Å². The lowest BCUT2D eigenvalue weighted by atomic mass is 10.3. The number of methoxy groups -OCH3 is 2. The topological polar surface area (TPSA) is 111 Å². The van der Waals surface area contributed by atoms with Crippen LogP contribution < -0.4 is 9.47 Å². The van der Waals surface area contributed by atoms with Crippen LogP contribution in [0.4, 0.5) is 11.4 Å². The Morgan fingerprint density at radius 3 is 2.03 bits per heavy atom. The molecule has 0 aliphatic rings. The first-order valence-corrected chi connectivity index (χ1v) is 10.7. The van der Waals surface area contributed by atoms with Gasteiger partial charge in [0, 0.05) is 19.2 Å². The molecule has 0 N–H and O–H groups in total. The molecule has 0 amide bonds. The summed E-state index contributed by atoms with van der Waals surface area (Å²) in [5.41, 5.74) is 0.296. The number of aliphatic imine (C=N–C) groups is 1. The summed E-state index contributed by atoms with van der Waals surface area (Å²) in [6, 6.07) is 21.2. The molecule has 0 aliphatic carbocycles. The van der Waals surface area contributed by atoms with Gasteiger partial charge in [0.15, 0.2) is 0 Å². The van der Waals surface area contributed by atoms with E-state index in [-0.39, 0.29) is 10.6 Å². The fourth-order valence-electron chi connectivity index (χ4n) is 2.40. The normalized spacial score (nSPS) is 10.7. The summed E-state index contributed by atoms with van der Waals surface area (Å²) in [6.45, 7) is 0. The predicted octanol–water partition coefficient (Wildman–Crippen LogP) is 4.28. The van der Waals surface area contributed by atoms with Crippen molar-refractivity contribution in [2.75, 3.05) is 21.3 Å². The van der Waals surface area contributed by atoms with Crippen LogP contribution in [0.3, 0.4) is 0 Å². The Labute approximate surface area is 186 Å². The summed E-state index contributed by atoms with van der Waals surface area (Å²) in [7, 11) is 0.632. The number of nitro groups is 1. The van der Waals surface area contributed by atoms with E-state index in [1.807, 2.05) is 30.3 Å². The molecular formula is C22H23N3O6S. The van der Waals surface area contributed by atoms with Gasteiger partial charge in [0.2, 0.25) is 0 Å². The van der Waals surface area contributed by atoms with Crippen LogP contribution in [0.2, 0.25) is 0 Å². The Balaban J connectivity index is 0.000000380. The lowest BCUT2D eigenvalue weighted by Gasteiger charge is -2.14. The average Bonchev–Trinajstić information content (AvgIpc) is 2.83. The molecule has 3 aromatic rings. The van der Waals surface area contributed by atoms with Gasteiger partial charge in [-0.15, -0.1) is 0 Å². The second-order valence-electron chi connectivity index (χ2n) is 6.21. The van der Waals surface area contributed by atoms with Crippen molar-refractivity contribution in [3.05, 3.63) is 89.0 Å². The number of para-hydroxylation sites is 3. The van der Waals surface area contributed by atoms with E-state index in [2.05, 4.69) is 4.99 Å². The first-order valence-electron chi connectivity index (χ1n) is 9.28. The van der Waals surface area contributed by atoms with Gasteiger partial charge in [-0.05, 0) is 36.4 Å². The molecule has 0 saturated heterocycles. The van der Waals surface area contributed by atoms with Crippen LogP contribution in [0.25, 0.3) is 0 Å². The third-order valence-corrected chi connectivity index (χ3v) is 5.87. The maximum Gasteiger partial charge on any atom is 0.269 e. The first-order chi connectivity index (χ1) is 15.3. The summed E-state index contributed by atoms with van der Waals surface area (Å²) in [6.07, 6.45) is 1.15. The van der Waals surface area contributed by atoms with E-state index in [0.29, 0.717) is 11.4 Å². The van der Waals surface area contributed by atoms with Gasteiger partial charge in [0.1, 0.15) is 23.5 Å². The van der Waals surface area contributed by atoms with E-state index in [9.17, 15) is 18.5 Å². The molecule has 9 nitrogen and oxygen atoms in total. The average molecular weight is 458 g/mol. The zero-order valence-corrected chi connectivity index (χ0v) is 18.6. The number of benzene rings is 3. The lowest BCUT2D eigenvalue weighted by molar-refractivity contribution is -0.384. The van der Waals surface area contributed by atoms with Crippen molar-refractivity contribution in [3.63, 3.8) is 0 Å². The number of rotatable bonds is 7. The SMILES string of the molecule is COc1ccccc1.COc1ccccc1N=CN(C)S(=O)(=O)c1ccc([N+](=O)[O-])cc1. The zero-order chi connectivity index (χ0) is 23.6. The molecule has 3 aromatic carbocycles. The lowest BCUT2D eigenvalue weighted by Crippen LogP contribution is -2.25. The zero-order valence-electron chi connectivity index (χ0n) is 17.8. The van der Waals surface area contributed by atoms with Crippen LogP contribution in [0.5, 0.6) is 11.5 Å². The fourth-order valence-corrected chi connectivity index (χ4v) is 3.39. The minimum Gasteiger partial charge on any atom is -0.497 e. The number of sulfonamides is 1. The second kappa shape index (κ2) is 11.5. The van der Waals surface area contributed by atoms with E-state index in [1.54, 1.807) is 31.4 Å². The maximum atomic E-state index is 12.4. The third-order valence-electron chi connectivity index (χ3n) is 4.15. The van der Waals surface area contributed by atoms with Gasteiger partial charge in [0.25, 0.3) is 15.7 Å². The molecule has 0 bridgehead atoms. The van der Waals surface area contributed by atoms with Gasteiger partial charge in [-0.2, -0.15) is 0 Å². The van der Waals surface area contributed by atoms with Crippen molar-refractivity contribution in [1.82, 2.24) is 4.31 Å². The van der Waals surface area contributed by atoms with Crippen LogP contribution in [-0.4, -0.2) is 45.3 Å². The summed E-state index contributed by atoms with van der Waals surface area (Å²) < 4.78 is 35.8. The third kappa shape index (κ3) is 6.54. The van der Waals surface area contributed by atoms with Crippen molar-refractivity contribution >= 4 is 27.7 Å². The Hall–Kier alpha value is -3.92. The van der Waals surface area contributed by atoms with E-state index >= 15 is 0 Å². The quantitative estimate of drug-likeness (QED) is 0.227. The van der Waals surface area contributed by atoms with Crippen molar-refractivity contribution in [1.29, 1.82) is 0 Å². The Morgan fingerprint density at radius 1 is 0.906 bits per heavy atom. The standard InChI is InChI=1S/C15H15N3O5S.C7H8O/c1-17(11-16-14-5-3-4-6-15(14)23-2)24(21,22)13-9-7-12(8-10-13)18(19)20;1-8-7-5-3-2-4-6-7/h3-11H,1-2H3;2-6H,1H3. The van der Waals surface area contributed by atoms with Crippen molar-refractivity contribution in [3.8, 4) is 11.5 Å². The number of hydrogen-bond acceptors (Lipinski definition) is 7. The van der Waals surface area contributed by atoms with Gasteiger partial charge in [0.05, 0.1) is 24.0 Å². The van der Waals surface area contributed by atoms with Crippen molar-refractivity contribution in [2.24, 2.45) is 4.99 Å². The van der Waals surface area contributed by atoms with Crippen LogP contribution >= 0.6 is 0 Å². The smallest absolute Gasteiger partial charge is 0.269 e. The highest BCUT2D eigenvalue weighted by Crippen LogP contribution is 2.26. The Kier molecular flexibility index (Phi) is 8.72. The molecule has 168 valence electrons. The number of nitrogens with zero attached hydrogens (tertiary/aromatic N) is 3. The van der Waals surface area contributed by atoms with E-state index < -0.39 is 14.9 Å². The highest BCUT2D eigenvalue weighted by atomic mass is 32.2. The minimum atomic E-state index is -3.85. The summed E-state index contributed by atoms with van der Waals surface area (Å²) in [4.78, 5) is 14.1. The Morgan fingerprint density at radius 2 is 1.50 bits per heavy atom. The molecule has 0 spiro atoms. The molecule has 3 rings (SSSR count). The summed E-state index contributed by atoms with van der Waals surface area (Å²) >= 11 is 0. The predicted molar refractivity (Wildman–Crippen MR) is 122 cm³/mol. The number of non-ortho nitro benzene ring substituents is 1. The molecular weight excluding hydrogens is 434 g/mol. The minimum absolute atomic E-state index is 0.0675. The van der Waals surface area contributed by atoms with Gasteiger partial charge in [-0.1, -0.05) is 30.3 Å². The van der Waals surface area contributed by atoms with Crippen LogP contribution in [-0.2, 0) is 10.0 Å². The Bertz CT molecular complexity index is 1150. The van der Waals surface area contributed by atoms with Crippen molar-refractivity contribution in [2.45, 2.75) is 4.90 Å². The van der Waals surface area contributed by atoms with Crippen LogP contribution in [0.1, 0.15) is 0 Å². The van der Waals surface area contributed by atoms with Crippen LogP contribution in [0.15, 0.2) is 88.8 Å². The molecule has 10 heteroatoms. The first kappa shape index (κ1) is 24.4. The fraction of sp³-hybridized carbons (Fsp3) is 0.136. The van der Waals surface area contributed by atoms with E-state index in [1.165, 1.54) is 26.3 Å².